The zero-order valence-corrected chi connectivity index (χ0v) is 10.1. The summed E-state index contributed by atoms with van der Waals surface area (Å²) in [6.45, 7) is 10.1. The standard InChI is InChI=1S/C13H21NO/c1-11-6-5-7-12(10-11)15-9-8-14-13(2,3)4/h5-7,10,14H,8-9H2,1-4H3. The monoisotopic (exact) mass is 207 g/mol. The van der Waals surface area contributed by atoms with Gasteiger partial charge >= 0.3 is 0 Å². The molecule has 0 aromatic heterocycles. The lowest BCUT2D eigenvalue weighted by Gasteiger charge is -2.20. The second kappa shape index (κ2) is 5.17. The maximum absolute atomic E-state index is 5.62. The number of hydrogen-bond acceptors (Lipinski definition) is 2. The fourth-order valence-electron chi connectivity index (χ4n) is 1.30. The van der Waals surface area contributed by atoms with E-state index in [1.54, 1.807) is 0 Å². The number of benzene rings is 1. The van der Waals surface area contributed by atoms with Gasteiger partial charge in [-0.15, -0.1) is 0 Å². The molecule has 0 saturated carbocycles. The van der Waals surface area contributed by atoms with E-state index in [2.05, 4.69) is 45.1 Å². The van der Waals surface area contributed by atoms with Crippen LogP contribution < -0.4 is 10.1 Å². The Kier molecular flexibility index (Phi) is 4.15. The zero-order chi connectivity index (χ0) is 11.3. The van der Waals surface area contributed by atoms with Gasteiger partial charge in [0, 0.05) is 12.1 Å². The Hall–Kier alpha value is -1.02. The molecule has 0 atom stereocenters. The molecule has 1 aromatic carbocycles. The third-order valence-electron chi connectivity index (χ3n) is 2.02. The summed E-state index contributed by atoms with van der Waals surface area (Å²) < 4.78 is 5.62. The molecule has 0 fully saturated rings. The molecule has 0 saturated heterocycles. The predicted octanol–water partition coefficient (Wildman–Crippen LogP) is 2.76. The average molecular weight is 207 g/mol. The minimum atomic E-state index is 0.163. The maximum Gasteiger partial charge on any atom is 0.119 e. The van der Waals surface area contributed by atoms with Crippen LogP contribution in [-0.4, -0.2) is 18.7 Å². The summed E-state index contributed by atoms with van der Waals surface area (Å²) >= 11 is 0. The van der Waals surface area contributed by atoms with E-state index in [-0.39, 0.29) is 5.54 Å². The van der Waals surface area contributed by atoms with E-state index in [9.17, 15) is 0 Å². The first-order valence-corrected chi connectivity index (χ1v) is 5.42. The second-order valence-electron chi connectivity index (χ2n) is 4.84. The first-order chi connectivity index (χ1) is 6.97. The number of aryl methyl sites for hydroxylation is 1. The van der Waals surface area contributed by atoms with Crippen LogP contribution in [0.4, 0.5) is 0 Å². The van der Waals surface area contributed by atoms with Crippen LogP contribution in [0.15, 0.2) is 24.3 Å². The van der Waals surface area contributed by atoms with E-state index in [0.29, 0.717) is 6.61 Å². The minimum absolute atomic E-state index is 0.163. The van der Waals surface area contributed by atoms with Crippen molar-refractivity contribution in [3.05, 3.63) is 29.8 Å². The summed E-state index contributed by atoms with van der Waals surface area (Å²) in [7, 11) is 0. The van der Waals surface area contributed by atoms with Gasteiger partial charge in [0.2, 0.25) is 0 Å². The summed E-state index contributed by atoms with van der Waals surface area (Å²) in [4.78, 5) is 0. The smallest absolute Gasteiger partial charge is 0.119 e. The van der Waals surface area contributed by atoms with Crippen molar-refractivity contribution < 1.29 is 4.74 Å². The van der Waals surface area contributed by atoms with Crippen molar-refractivity contribution >= 4 is 0 Å². The number of rotatable bonds is 4. The lowest BCUT2D eigenvalue weighted by molar-refractivity contribution is 0.291. The van der Waals surface area contributed by atoms with Gasteiger partial charge in [-0.25, -0.2) is 0 Å². The molecule has 0 amide bonds. The van der Waals surface area contributed by atoms with Gasteiger partial charge in [-0.1, -0.05) is 12.1 Å². The lowest BCUT2D eigenvalue weighted by Crippen LogP contribution is -2.38. The van der Waals surface area contributed by atoms with Crippen LogP contribution in [0.3, 0.4) is 0 Å². The summed E-state index contributed by atoms with van der Waals surface area (Å²) in [5.74, 6) is 0.950. The van der Waals surface area contributed by atoms with Gasteiger partial charge in [-0.2, -0.15) is 0 Å². The molecule has 1 rings (SSSR count). The molecule has 0 spiro atoms. The SMILES string of the molecule is Cc1cccc(OCCNC(C)(C)C)c1. The summed E-state index contributed by atoms with van der Waals surface area (Å²) in [5, 5.41) is 3.38. The van der Waals surface area contributed by atoms with Crippen molar-refractivity contribution in [1.82, 2.24) is 5.32 Å². The van der Waals surface area contributed by atoms with Crippen LogP contribution >= 0.6 is 0 Å². The van der Waals surface area contributed by atoms with E-state index >= 15 is 0 Å². The number of ether oxygens (including phenoxy) is 1. The highest BCUT2D eigenvalue weighted by atomic mass is 16.5. The average Bonchev–Trinajstić information content (AvgIpc) is 2.11. The second-order valence-corrected chi connectivity index (χ2v) is 4.84. The molecule has 84 valence electrons. The molecule has 15 heavy (non-hydrogen) atoms. The van der Waals surface area contributed by atoms with Crippen LogP contribution in [0, 0.1) is 6.92 Å². The quantitative estimate of drug-likeness (QED) is 0.767. The van der Waals surface area contributed by atoms with Crippen LogP contribution in [0.5, 0.6) is 5.75 Å². The molecular formula is C13H21NO. The van der Waals surface area contributed by atoms with E-state index in [1.165, 1.54) is 5.56 Å². The van der Waals surface area contributed by atoms with Gasteiger partial charge in [0.05, 0.1) is 0 Å². The lowest BCUT2D eigenvalue weighted by atomic mass is 10.1. The Morgan fingerprint density at radius 2 is 2.00 bits per heavy atom. The minimum Gasteiger partial charge on any atom is -0.492 e. The van der Waals surface area contributed by atoms with Gasteiger partial charge in [-0.05, 0) is 45.4 Å². The van der Waals surface area contributed by atoms with Gasteiger partial charge in [0.25, 0.3) is 0 Å². The van der Waals surface area contributed by atoms with Gasteiger partial charge in [0.15, 0.2) is 0 Å². The Labute approximate surface area is 92.6 Å². The first kappa shape index (κ1) is 12.1. The topological polar surface area (TPSA) is 21.3 Å². The predicted molar refractivity (Wildman–Crippen MR) is 64.4 cm³/mol. The molecule has 0 aliphatic carbocycles. The zero-order valence-electron chi connectivity index (χ0n) is 10.1. The van der Waals surface area contributed by atoms with Crippen molar-refractivity contribution in [2.45, 2.75) is 33.2 Å². The fourth-order valence-corrected chi connectivity index (χ4v) is 1.30. The van der Waals surface area contributed by atoms with Crippen molar-refractivity contribution in [1.29, 1.82) is 0 Å². The summed E-state index contributed by atoms with van der Waals surface area (Å²) in [6, 6.07) is 8.13. The van der Waals surface area contributed by atoms with Gasteiger partial charge in [0.1, 0.15) is 12.4 Å². The summed E-state index contributed by atoms with van der Waals surface area (Å²) in [6.07, 6.45) is 0. The van der Waals surface area contributed by atoms with Gasteiger partial charge < -0.3 is 10.1 Å². The van der Waals surface area contributed by atoms with Crippen molar-refractivity contribution in [2.75, 3.05) is 13.2 Å². The third kappa shape index (κ3) is 5.43. The fraction of sp³-hybridized carbons (Fsp3) is 0.538. The van der Waals surface area contributed by atoms with Crippen LogP contribution in [-0.2, 0) is 0 Å². The highest BCUT2D eigenvalue weighted by molar-refractivity contribution is 5.27. The van der Waals surface area contributed by atoms with Crippen molar-refractivity contribution in [2.24, 2.45) is 0 Å². The molecule has 2 heteroatoms. The van der Waals surface area contributed by atoms with E-state index < -0.39 is 0 Å². The molecular weight excluding hydrogens is 186 g/mol. The maximum atomic E-state index is 5.62. The highest BCUT2D eigenvalue weighted by Crippen LogP contribution is 2.11. The van der Waals surface area contributed by atoms with E-state index in [0.717, 1.165) is 12.3 Å². The normalized spacial score (nSPS) is 11.5. The molecule has 0 bridgehead atoms. The van der Waals surface area contributed by atoms with Crippen LogP contribution in [0.1, 0.15) is 26.3 Å². The van der Waals surface area contributed by atoms with Crippen molar-refractivity contribution in [3.63, 3.8) is 0 Å². The molecule has 0 heterocycles. The molecule has 0 aliphatic heterocycles. The molecule has 2 nitrogen and oxygen atoms in total. The number of nitrogens with one attached hydrogen (secondary N) is 1. The van der Waals surface area contributed by atoms with Crippen LogP contribution in [0.2, 0.25) is 0 Å². The number of hydrogen-bond donors (Lipinski definition) is 1. The van der Waals surface area contributed by atoms with Gasteiger partial charge in [-0.3, -0.25) is 0 Å². The first-order valence-electron chi connectivity index (χ1n) is 5.42. The van der Waals surface area contributed by atoms with E-state index in [4.69, 9.17) is 4.74 Å². The Morgan fingerprint density at radius 1 is 1.27 bits per heavy atom. The molecule has 1 N–H and O–H groups in total. The Morgan fingerprint density at radius 3 is 2.60 bits per heavy atom. The van der Waals surface area contributed by atoms with E-state index in [1.807, 2.05) is 12.1 Å². The Bertz CT molecular complexity index is 302. The van der Waals surface area contributed by atoms with Crippen LogP contribution in [0.25, 0.3) is 0 Å². The van der Waals surface area contributed by atoms with Crippen molar-refractivity contribution in [3.8, 4) is 5.75 Å². The molecule has 1 aromatic rings. The molecule has 0 radical (unpaired) electrons. The molecule has 0 unspecified atom stereocenters. The third-order valence-corrected chi connectivity index (χ3v) is 2.02. The summed E-state index contributed by atoms with van der Waals surface area (Å²) in [5.41, 5.74) is 1.40. The largest absolute Gasteiger partial charge is 0.492 e. The highest BCUT2D eigenvalue weighted by Gasteiger charge is 2.07. The Balaban J connectivity index is 2.26. The molecule has 0 aliphatic rings.